The van der Waals surface area contributed by atoms with Gasteiger partial charge in [-0.1, -0.05) is 20.8 Å². The van der Waals surface area contributed by atoms with Gasteiger partial charge in [0.2, 0.25) is 0 Å². The molecule has 0 fully saturated rings. The van der Waals surface area contributed by atoms with Gasteiger partial charge < -0.3 is 4.74 Å². The number of methoxy groups -OCH3 is 1. The summed E-state index contributed by atoms with van der Waals surface area (Å²) in [6.07, 6.45) is 3.57. The highest BCUT2D eigenvalue weighted by molar-refractivity contribution is 6.21. The van der Waals surface area contributed by atoms with Crippen LogP contribution in [0.2, 0.25) is 0 Å². The first-order chi connectivity index (χ1) is 7.36. The Hall–Kier alpha value is -0.700. The predicted octanol–water partition coefficient (Wildman–Crippen LogP) is 3.01. The lowest BCUT2D eigenvalue weighted by atomic mass is 9.89. The quantitative estimate of drug-likeness (QED) is 0.762. The van der Waals surface area contributed by atoms with Crippen LogP contribution in [0.1, 0.15) is 32.9 Å². The second-order valence-electron chi connectivity index (χ2n) is 5.16. The number of nitrogens with zero attached hydrogens (tertiary/aromatic N) is 2. The maximum absolute atomic E-state index is 6.35. The van der Waals surface area contributed by atoms with Gasteiger partial charge in [-0.2, -0.15) is 5.10 Å². The molecular weight excluding hydrogens is 224 g/mol. The van der Waals surface area contributed by atoms with Crippen LogP contribution >= 0.6 is 11.6 Å². The molecule has 0 spiro atoms. The molecule has 4 heteroatoms. The Morgan fingerprint density at radius 1 is 1.50 bits per heavy atom. The third-order valence-corrected chi connectivity index (χ3v) is 3.69. The van der Waals surface area contributed by atoms with Gasteiger partial charge in [0.05, 0.1) is 19.0 Å². The van der Waals surface area contributed by atoms with Gasteiger partial charge in [-0.05, 0) is 18.3 Å². The van der Waals surface area contributed by atoms with Crippen molar-refractivity contribution in [3.8, 4) is 5.75 Å². The average Bonchev–Trinajstić information content (AvgIpc) is 2.54. The first-order valence-electron chi connectivity index (χ1n) is 5.55. The van der Waals surface area contributed by atoms with Crippen molar-refractivity contribution in [2.75, 3.05) is 7.11 Å². The van der Waals surface area contributed by atoms with Crippen LogP contribution < -0.4 is 4.74 Å². The zero-order chi connectivity index (χ0) is 12.3. The van der Waals surface area contributed by atoms with Crippen molar-refractivity contribution in [1.29, 1.82) is 0 Å². The number of aryl methyl sites for hydroxylation is 1. The van der Waals surface area contributed by atoms with E-state index < -0.39 is 0 Å². The highest BCUT2D eigenvalue weighted by atomic mass is 35.5. The summed E-state index contributed by atoms with van der Waals surface area (Å²) in [5.74, 6) is 0.847. The Balaban J connectivity index is 2.64. The molecule has 0 amide bonds. The minimum absolute atomic E-state index is 0.132. The van der Waals surface area contributed by atoms with Gasteiger partial charge in [-0.25, -0.2) is 0 Å². The second-order valence-corrected chi connectivity index (χ2v) is 5.68. The van der Waals surface area contributed by atoms with Crippen molar-refractivity contribution in [1.82, 2.24) is 9.78 Å². The highest BCUT2D eigenvalue weighted by Gasteiger charge is 2.23. The van der Waals surface area contributed by atoms with Crippen LogP contribution in [0.25, 0.3) is 0 Å². The SMILES string of the molecule is COc1cnn(C)c1CCC(Cl)C(C)(C)C. The first kappa shape index (κ1) is 13.4. The fourth-order valence-corrected chi connectivity index (χ4v) is 1.70. The summed E-state index contributed by atoms with van der Waals surface area (Å²) < 4.78 is 7.11. The molecule has 0 radical (unpaired) electrons. The Morgan fingerprint density at radius 3 is 2.62 bits per heavy atom. The number of ether oxygens (including phenoxy) is 1. The molecule has 0 aliphatic carbocycles. The van der Waals surface area contributed by atoms with Gasteiger partial charge in [0.25, 0.3) is 0 Å². The van der Waals surface area contributed by atoms with Gasteiger partial charge in [-0.3, -0.25) is 4.68 Å². The molecule has 1 aromatic heterocycles. The standard InChI is InChI=1S/C12H21ClN2O/c1-12(2,3)11(13)7-6-9-10(16-5)8-14-15(9)4/h8,11H,6-7H2,1-5H3. The fourth-order valence-electron chi connectivity index (χ4n) is 1.59. The van der Waals surface area contributed by atoms with E-state index in [2.05, 4.69) is 25.9 Å². The summed E-state index contributed by atoms with van der Waals surface area (Å²) in [5, 5.41) is 4.34. The second kappa shape index (κ2) is 5.09. The van der Waals surface area contributed by atoms with E-state index in [-0.39, 0.29) is 10.8 Å². The van der Waals surface area contributed by atoms with Gasteiger partial charge >= 0.3 is 0 Å². The van der Waals surface area contributed by atoms with Crippen LogP contribution in [-0.2, 0) is 13.5 Å². The lowest BCUT2D eigenvalue weighted by molar-refractivity contribution is 0.367. The number of hydrogen-bond acceptors (Lipinski definition) is 2. The molecule has 1 unspecified atom stereocenters. The third-order valence-electron chi connectivity index (χ3n) is 2.82. The highest BCUT2D eigenvalue weighted by Crippen LogP contribution is 2.29. The number of aromatic nitrogens is 2. The molecule has 0 saturated carbocycles. The first-order valence-corrected chi connectivity index (χ1v) is 5.99. The van der Waals surface area contributed by atoms with Crippen molar-refractivity contribution in [2.45, 2.75) is 39.0 Å². The number of rotatable bonds is 4. The van der Waals surface area contributed by atoms with E-state index in [1.54, 1.807) is 13.3 Å². The summed E-state index contributed by atoms with van der Waals surface area (Å²) >= 11 is 6.35. The minimum Gasteiger partial charge on any atom is -0.493 e. The van der Waals surface area contributed by atoms with E-state index >= 15 is 0 Å². The molecule has 0 N–H and O–H groups in total. The molecule has 0 aromatic carbocycles. The average molecular weight is 245 g/mol. The maximum Gasteiger partial charge on any atom is 0.159 e. The van der Waals surface area contributed by atoms with E-state index in [1.807, 2.05) is 11.7 Å². The summed E-state index contributed by atoms with van der Waals surface area (Å²) in [6.45, 7) is 6.47. The molecular formula is C12H21ClN2O. The predicted molar refractivity (Wildman–Crippen MR) is 67.2 cm³/mol. The molecule has 0 saturated heterocycles. The molecule has 1 heterocycles. The zero-order valence-electron chi connectivity index (χ0n) is 10.7. The van der Waals surface area contributed by atoms with E-state index in [0.29, 0.717) is 0 Å². The fraction of sp³-hybridized carbons (Fsp3) is 0.750. The topological polar surface area (TPSA) is 27.1 Å². The summed E-state index contributed by atoms with van der Waals surface area (Å²) in [5.41, 5.74) is 1.24. The number of halogens is 1. The van der Waals surface area contributed by atoms with Crippen LogP contribution in [0.5, 0.6) is 5.75 Å². The summed E-state index contributed by atoms with van der Waals surface area (Å²) in [7, 11) is 3.60. The van der Waals surface area contributed by atoms with Crippen LogP contribution in [0.3, 0.4) is 0 Å². The molecule has 0 aliphatic heterocycles. The van der Waals surface area contributed by atoms with Gasteiger partial charge in [-0.15, -0.1) is 11.6 Å². The van der Waals surface area contributed by atoms with Crippen molar-refractivity contribution in [3.63, 3.8) is 0 Å². The Labute approximate surface area is 103 Å². The lowest BCUT2D eigenvalue weighted by Crippen LogP contribution is -2.21. The molecule has 0 aliphatic rings. The molecule has 1 aromatic rings. The van der Waals surface area contributed by atoms with E-state index in [4.69, 9.17) is 16.3 Å². The molecule has 0 bridgehead atoms. The molecule has 16 heavy (non-hydrogen) atoms. The van der Waals surface area contributed by atoms with Crippen LogP contribution in [-0.4, -0.2) is 22.3 Å². The number of alkyl halides is 1. The van der Waals surface area contributed by atoms with Crippen LogP contribution in [0.15, 0.2) is 6.20 Å². The zero-order valence-corrected chi connectivity index (χ0v) is 11.5. The van der Waals surface area contributed by atoms with Crippen molar-refractivity contribution in [2.24, 2.45) is 12.5 Å². The van der Waals surface area contributed by atoms with Crippen molar-refractivity contribution < 1.29 is 4.74 Å². The Kier molecular flexibility index (Phi) is 4.25. The smallest absolute Gasteiger partial charge is 0.159 e. The molecule has 1 rings (SSSR count). The van der Waals surface area contributed by atoms with E-state index in [0.717, 1.165) is 24.3 Å². The normalized spacial score (nSPS) is 13.9. The van der Waals surface area contributed by atoms with Gasteiger partial charge in [0.15, 0.2) is 5.75 Å². The monoisotopic (exact) mass is 244 g/mol. The third kappa shape index (κ3) is 3.14. The molecule has 92 valence electrons. The maximum atomic E-state index is 6.35. The van der Waals surface area contributed by atoms with Gasteiger partial charge in [0, 0.05) is 12.4 Å². The lowest BCUT2D eigenvalue weighted by Gasteiger charge is -2.25. The van der Waals surface area contributed by atoms with Crippen molar-refractivity contribution in [3.05, 3.63) is 11.9 Å². The van der Waals surface area contributed by atoms with E-state index in [9.17, 15) is 0 Å². The largest absolute Gasteiger partial charge is 0.493 e. The minimum atomic E-state index is 0.132. The van der Waals surface area contributed by atoms with Gasteiger partial charge in [0.1, 0.15) is 0 Å². The summed E-state index contributed by atoms with van der Waals surface area (Å²) in [6, 6.07) is 0. The summed E-state index contributed by atoms with van der Waals surface area (Å²) in [4.78, 5) is 0. The van der Waals surface area contributed by atoms with E-state index in [1.165, 1.54) is 0 Å². The van der Waals surface area contributed by atoms with Crippen LogP contribution in [0.4, 0.5) is 0 Å². The Morgan fingerprint density at radius 2 is 2.12 bits per heavy atom. The van der Waals surface area contributed by atoms with Crippen molar-refractivity contribution >= 4 is 11.6 Å². The molecule has 3 nitrogen and oxygen atoms in total. The Bertz CT molecular complexity index is 341. The number of hydrogen-bond donors (Lipinski definition) is 0. The van der Waals surface area contributed by atoms with Crippen LogP contribution in [0, 0.1) is 5.41 Å². The molecule has 1 atom stereocenters.